The van der Waals surface area contributed by atoms with Crippen LogP contribution in [0.25, 0.3) is 0 Å². The first-order valence-electron chi connectivity index (χ1n) is 5.25. The van der Waals surface area contributed by atoms with Crippen LogP contribution in [0.15, 0.2) is 24.3 Å². The normalized spacial score (nSPS) is 10.6. The van der Waals surface area contributed by atoms with Crippen molar-refractivity contribution in [3.63, 3.8) is 0 Å². The van der Waals surface area contributed by atoms with Gasteiger partial charge in [0.1, 0.15) is 11.0 Å². The van der Waals surface area contributed by atoms with E-state index < -0.39 is 0 Å². The zero-order valence-electron chi connectivity index (χ0n) is 9.67. The highest BCUT2D eigenvalue weighted by molar-refractivity contribution is 6.30. The van der Waals surface area contributed by atoms with Gasteiger partial charge in [0.05, 0.1) is 5.69 Å². The molecule has 2 rings (SSSR count). The third-order valence-electron chi connectivity index (χ3n) is 2.56. The van der Waals surface area contributed by atoms with E-state index in [1.54, 1.807) is 17.8 Å². The standard InChI is InChI=1S/C12H13ClFN3/c1-8-11(12(13)17(2)16-8)7-15-10-5-3-4-9(14)6-10/h3-6,15H,7H2,1-2H3. The van der Waals surface area contributed by atoms with Gasteiger partial charge in [-0.05, 0) is 25.1 Å². The van der Waals surface area contributed by atoms with Crippen molar-refractivity contribution in [2.45, 2.75) is 13.5 Å². The Balaban J connectivity index is 2.12. The maximum atomic E-state index is 13.0. The predicted octanol–water partition coefficient (Wildman–Crippen LogP) is 3.13. The van der Waals surface area contributed by atoms with Gasteiger partial charge in [-0.15, -0.1) is 0 Å². The fraction of sp³-hybridized carbons (Fsp3) is 0.250. The van der Waals surface area contributed by atoms with Gasteiger partial charge < -0.3 is 5.32 Å². The quantitative estimate of drug-likeness (QED) is 0.911. The van der Waals surface area contributed by atoms with Crippen molar-refractivity contribution < 1.29 is 4.39 Å². The van der Waals surface area contributed by atoms with Crippen LogP contribution in [0, 0.1) is 12.7 Å². The fourth-order valence-corrected chi connectivity index (χ4v) is 1.90. The third kappa shape index (κ3) is 2.58. The van der Waals surface area contributed by atoms with Crippen molar-refractivity contribution in [3.05, 3.63) is 46.5 Å². The molecule has 0 aliphatic rings. The van der Waals surface area contributed by atoms with Gasteiger partial charge in [-0.2, -0.15) is 5.10 Å². The number of nitrogens with one attached hydrogen (secondary N) is 1. The lowest BCUT2D eigenvalue weighted by molar-refractivity contribution is 0.628. The molecule has 1 aromatic heterocycles. The van der Waals surface area contributed by atoms with Crippen LogP contribution in [-0.4, -0.2) is 9.78 Å². The van der Waals surface area contributed by atoms with Gasteiger partial charge >= 0.3 is 0 Å². The van der Waals surface area contributed by atoms with Gasteiger partial charge in [0.15, 0.2) is 0 Å². The van der Waals surface area contributed by atoms with Crippen LogP contribution >= 0.6 is 11.6 Å². The second-order valence-corrected chi connectivity index (χ2v) is 4.20. The second-order valence-electron chi connectivity index (χ2n) is 3.84. The van der Waals surface area contributed by atoms with Crippen molar-refractivity contribution >= 4 is 17.3 Å². The first-order chi connectivity index (χ1) is 8.08. The molecule has 3 nitrogen and oxygen atoms in total. The van der Waals surface area contributed by atoms with E-state index in [-0.39, 0.29) is 5.82 Å². The Labute approximate surface area is 104 Å². The minimum atomic E-state index is -0.260. The molecule has 90 valence electrons. The molecule has 0 saturated carbocycles. The van der Waals surface area contributed by atoms with Crippen LogP contribution in [0.1, 0.15) is 11.3 Å². The number of anilines is 1. The summed E-state index contributed by atoms with van der Waals surface area (Å²) in [5.74, 6) is -0.260. The summed E-state index contributed by atoms with van der Waals surface area (Å²) in [4.78, 5) is 0. The van der Waals surface area contributed by atoms with Crippen LogP contribution in [0.4, 0.5) is 10.1 Å². The molecule has 0 radical (unpaired) electrons. The largest absolute Gasteiger partial charge is 0.381 e. The Morgan fingerprint density at radius 2 is 2.24 bits per heavy atom. The van der Waals surface area contributed by atoms with Crippen molar-refractivity contribution in [3.8, 4) is 0 Å². The third-order valence-corrected chi connectivity index (χ3v) is 3.04. The highest BCUT2D eigenvalue weighted by Crippen LogP contribution is 2.20. The topological polar surface area (TPSA) is 29.9 Å². The molecule has 1 aromatic carbocycles. The lowest BCUT2D eigenvalue weighted by atomic mass is 10.2. The summed E-state index contributed by atoms with van der Waals surface area (Å²) in [6.07, 6.45) is 0. The summed E-state index contributed by atoms with van der Waals surface area (Å²) >= 11 is 6.10. The van der Waals surface area contributed by atoms with E-state index in [2.05, 4.69) is 10.4 Å². The zero-order valence-corrected chi connectivity index (χ0v) is 10.4. The SMILES string of the molecule is Cc1nn(C)c(Cl)c1CNc1cccc(F)c1. The second kappa shape index (κ2) is 4.75. The van der Waals surface area contributed by atoms with Gasteiger partial charge in [0, 0.05) is 24.8 Å². The van der Waals surface area contributed by atoms with E-state index in [9.17, 15) is 4.39 Å². The summed E-state index contributed by atoms with van der Waals surface area (Å²) in [5.41, 5.74) is 2.53. The van der Waals surface area contributed by atoms with E-state index in [4.69, 9.17) is 11.6 Å². The molecule has 1 heterocycles. The molecule has 0 atom stereocenters. The van der Waals surface area contributed by atoms with Crippen molar-refractivity contribution in [1.29, 1.82) is 0 Å². The molecular formula is C12H13ClFN3. The monoisotopic (exact) mass is 253 g/mol. The van der Waals surface area contributed by atoms with Crippen molar-refractivity contribution in [2.75, 3.05) is 5.32 Å². The minimum Gasteiger partial charge on any atom is -0.381 e. The average molecular weight is 254 g/mol. The van der Waals surface area contributed by atoms with Crippen LogP contribution in [0.2, 0.25) is 5.15 Å². The Morgan fingerprint density at radius 3 is 2.82 bits per heavy atom. The van der Waals surface area contributed by atoms with E-state index in [0.29, 0.717) is 11.7 Å². The highest BCUT2D eigenvalue weighted by atomic mass is 35.5. The number of rotatable bonds is 3. The van der Waals surface area contributed by atoms with Gasteiger partial charge in [-0.1, -0.05) is 17.7 Å². The zero-order chi connectivity index (χ0) is 12.4. The number of halogens is 2. The molecule has 2 aromatic rings. The highest BCUT2D eigenvalue weighted by Gasteiger charge is 2.10. The van der Waals surface area contributed by atoms with E-state index in [1.165, 1.54) is 12.1 Å². The van der Waals surface area contributed by atoms with Crippen LogP contribution in [-0.2, 0) is 13.6 Å². The summed E-state index contributed by atoms with van der Waals surface area (Å²) in [5, 5.41) is 7.93. The van der Waals surface area contributed by atoms with E-state index >= 15 is 0 Å². The predicted molar refractivity (Wildman–Crippen MR) is 66.7 cm³/mol. The minimum absolute atomic E-state index is 0.260. The lowest BCUT2D eigenvalue weighted by Crippen LogP contribution is -2.01. The molecule has 0 fully saturated rings. The maximum Gasteiger partial charge on any atom is 0.131 e. The number of aryl methyl sites for hydroxylation is 2. The Kier molecular flexibility index (Phi) is 3.33. The molecule has 0 aliphatic heterocycles. The number of hydrogen-bond acceptors (Lipinski definition) is 2. The Morgan fingerprint density at radius 1 is 1.47 bits per heavy atom. The number of benzene rings is 1. The summed E-state index contributed by atoms with van der Waals surface area (Å²) in [7, 11) is 1.79. The molecule has 0 aliphatic carbocycles. The molecule has 5 heteroatoms. The van der Waals surface area contributed by atoms with E-state index in [1.807, 2.05) is 13.0 Å². The number of aromatic nitrogens is 2. The number of hydrogen-bond donors (Lipinski definition) is 1. The summed E-state index contributed by atoms with van der Waals surface area (Å²) in [6.45, 7) is 2.43. The van der Waals surface area contributed by atoms with E-state index in [0.717, 1.165) is 16.9 Å². The van der Waals surface area contributed by atoms with Gasteiger partial charge in [0.25, 0.3) is 0 Å². The molecule has 0 amide bonds. The summed E-state index contributed by atoms with van der Waals surface area (Å²) in [6, 6.07) is 6.32. The molecule has 0 bridgehead atoms. The maximum absolute atomic E-state index is 13.0. The average Bonchev–Trinajstić information content (AvgIpc) is 2.51. The molecule has 0 saturated heterocycles. The molecule has 17 heavy (non-hydrogen) atoms. The van der Waals surface area contributed by atoms with Gasteiger partial charge in [0.2, 0.25) is 0 Å². The van der Waals surface area contributed by atoms with Crippen LogP contribution in [0.5, 0.6) is 0 Å². The Bertz CT molecular complexity index is 537. The van der Waals surface area contributed by atoms with Crippen LogP contribution in [0.3, 0.4) is 0 Å². The number of nitrogens with zero attached hydrogens (tertiary/aromatic N) is 2. The lowest BCUT2D eigenvalue weighted by Gasteiger charge is -2.06. The van der Waals surface area contributed by atoms with Crippen LogP contribution < -0.4 is 5.32 Å². The van der Waals surface area contributed by atoms with Crippen molar-refractivity contribution in [2.24, 2.45) is 7.05 Å². The Hall–Kier alpha value is -1.55. The first-order valence-corrected chi connectivity index (χ1v) is 5.63. The first kappa shape index (κ1) is 11.9. The molecular weight excluding hydrogens is 241 g/mol. The molecule has 0 spiro atoms. The molecule has 1 N–H and O–H groups in total. The van der Waals surface area contributed by atoms with Gasteiger partial charge in [-0.3, -0.25) is 4.68 Å². The summed E-state index contributed by atoms with van der Waals surface area (Å²) < 4.78 is 14.6. The molecule has 0 unspecified atom stereocenters. The van der Waals surface area contributed by atoms with Crippen molar-refractivity contribution in [1.82, 2.24) is 9.78 Å². The fourth-order valence-electron chi connectivity index (χ4n) is 1.66. The van der Waals surface area contributed by atoms with Gasteiger partial charge in [-0.25, -0.2) is 4.39 Å². The smallest absolute Gasteiger partial charge is 0.131 e.